The highest BCUT2D eigenvalue weighted by Gasteiger charge is 2.57. The van der Waals surface area contributed by atoms with E-state index in [0.717, 1.165) is 31.3 Å². The van der Waals surface area contributed by atoms with E-state index >= 15 is 0 Å². The van der Waals surface area contributed by atoms with Gasteiger partial charge in [-0.05, 0) is 31.5 Å². The number of nitrogens with one attached hydrogen (secondary N) is 1. The van der Waals surface area contributed by atoms with E-state index in [1.165, 1.54) is 5.56 Å². The predicted octanol–water partition coefficient (Wildman–Crippen LogP) is 3.25. The molecule has 2 aromatic carbocycles. The lowest BCUT2D eigenvalue weighted by Gasteiger charge is -2.50. The molecule has 166 valence electrons. The molecule has 0 radical (unpaired) electrons. The van der Waals surface area contributed by atoms with Crippen molar-refractivity contribution in [2.24, 2.45) is 5.41 Å². The molecule has 5 rings (SSSR count). The molecule has 0 bridgehead atoms. The summed E-state index contributed by atoms with van der Waals surface area (Å²) in [5.74, 6) is 2.57. The zero-order valence-corrected chi connectivity index (χ0v) is 18.6. The largest absolute Gasteiger partial charge is 0.493 e. The molecule has 7 heteroatoms. The first-order valence-electron chi connectivity index (χ1n) is 11.2. The van der Waals surface area contributed by atoms with Crippen LogP contribution in [0.25, 0.3) is 0 Å². The van der Waals surface area contributed by atoms with Crippen LogP contribution in [0.1, 0.15) is 40.4 Å². The third-order valence-corrected chi connectivity index (χ3v) is 6.61. The van der Waals surface area contributed by atoms with Crippen molar-refractivity contribution in [1.29, 1.82) is 0 Å². The summed E-state index contributed by atoms with van der Waals surface area (Å²) in [6.45, 7) is 8.52. The number of likely N-dealkylation sites (tertiary alicyclic amines) is 2. The predicted molar refractivity (Wildman–Crippen MR) is 122 cm³/mol. The number of aryl methyl sites for hydroxylation is 1. The third kappa shape index (κ3) is 3.77. The fourth-order valence-electron chi connectivity index (χ4n) is 5.18. The van der Waals surface area contributed by atoms with E-state index in [2.05, 4.69) is 44.3 Å². The molecular formula is C25H29N5O2. The minimum atomic E-state index is -0.0281. The first-order valence-corrected chi connectivity index (χ1v) is 11.2. The van der Waals surface area contributed by atoms with E-state index < -0.39 is 0 Å². The number of amides is 1. The third-order valence-electron chi connectivity index (χ3n) is 6.61. The highest BCUT2D eigenvalue weighted by Crippen LogP contribution is 2.49. The van der Waals surface area contributed by atoms with Gasteiger partial charge in [-0.15, -0.1) is 0 Å². The Kier molecular flexibility index (Phi) is 5.43. The Labute approximate surface area is 188 Å². The van der Waals surface area contributed by atoms with E-state index in [-0.39, 0.29) is 17.2 Å². The van der Waals surface area contributed by atoms with Gasteiger partial charge in [0.1, 0.15) is 11.6 Å². The van der Waals surface area contributed by atoms with Crippen LogP contribution in [0.3, 0.4) is 0 Å². The first kappa shape index (κ1) is 20.7. The second-order valence-electron chi connectivity index (χ2n) is 8.94. The Bertz CT molecular complexity index is 1090. The van der Waals surface area contributed by atoms with Crippen LogP contribution in [-0.2, 0) is 6.54 Å². The standard InChI is InChI=1S/C25H29N5O2/c1-3-32-22-12-8-7-11-20(22)24(31)30-16-25(17-30)15-29(13-19-9-5-4-6-10-19)14-21(25)23-26-18(2)27-28-23/h4-12,21H,3,13-17H2,1-2H3,(H,26,27,28). The van der Waals surface area contributed by atoms with Gasteiger partial charge in [0.2, 0.25) is 0 Å². The van der Waals surface area contributed by atoms with Crippen molar-refractivity contribution >= 4 is 5.91 Å². The Morgan fingerprint density at radius 1 is 1.12 bits per heavy atom. The Hall–Kier alpha value is -3.19. The summed E-state index contributed by atoms with van der Waals surface area (Å²) in [4.78, 5) is 22.4. The molecule has 2 aliphatic rings. The molecule has 1 aromatic heterocycles. The van der Waals surface area contributed by atoms with E-state index in [1.807, 2.05) is 49.1 Å². The molecule has 0 aliphatic carbocycles. The number of carbonyl (C=O) groups is 1. The fourth-order valence-corrected chi connectivity index (χ4v) is 5.18. The number of nitrogens with zero attached hydrogens (tertiary/aromatic N) is 4. The summed E-state index contributed by atoms with van der Waals surface area (Å²) in [6, 6.07) is 18.0. The van der Waals surface area contributed by atoms with E-state index in [9.17, 15) is 4.79 Å². The van der Waals surface area contributed by atoms with Crippen molar-refractivity contribution < 1.29 is 9.53 Å². The van der Waals surface area contributed by atoms with Crippen molar-refractivity contribution in [3.05, 3.63) is 77.4 Å². The lowest BCUT2D eigenvalue weighted by molar-refractivity contribution is 0.00156. The molecular weight excluding hydrogens is 402 g/mol. The summed E-state index contributed by atoms with van der Waals surface area (Å²) in [6.07, 6.45) is 0. The van der Waals surface area contributed by atoms with Crippen LogP contribution >= 0.6 is 0 Å². The maximum atomic E-state index is 13.3. The molecule has 7 nitrogen and oxygen atoms in total. The number of ether oxygens (including phenoxy) is 1. The number of H-pyrrole nitrogens is 1. The Morgan fingerprint density at radius 2 is 1.88 bits per heavy atom. The number of hydrogen-bond acceptors (Lipinski definition) is 5. The zero-order chi connectivity index (χ0) is 22.1. The monoisotopic (exact) mass is 431 g/mol. The number of para-hydroxylation sites is 1. The molecule has 1 unspecified atom stereocenters. The normalized spacial score (nSPS) is 19.8. The van der Waals surface area contributed by atoms with Gasteiger partial charge in [-0.25, -0.2) is 4.98 Å². The molecule has 1 amide bonds. The highest BCUT2D eigenvalue weighted by molar-refractivity contribution is 5.97. The van der Waals surface area contributed by atoms with E-state index in [1.54, 1.807) is 0 Å². The van der Waals surface area contributed by atoms with Gasteiger partial charge in [-0.1, -0.05) is 42.5 Å². The fraction of sp³-hybridized carbons (Fsp3) is 0.400. The molecule has 2 fully saturated rings. The van der Waals surface area contributed by atoms with Gasteiger partial charge < -0.3 is 9.64 Å². The van der Waals surface area contributed by atoms with Crippen LogP contribution in [0.2, 0.25) is 0 Å². The van der Waals surface area contributed by atoms with Crippen LogP contribution in [0, 0.1) is 12.3 Å². The van der Waals surface area contributed by atoms with Gasteiger partial charge in [0, 0.05) is 44.1 Å². The van der Waals surface area contributed by atoms with Crippen LogP contribution < -0.4 is 4.74 Å². The number of carbonyl (C=O) groups excluding carboxylic acids is 1. The molecule has 1 spiro atoms. The Balaban J connectivity index is 1.36. The topological polar surface area (TPSA) is 74.3 Å². The molecule has 1 N–H and O–H groups in total. The lowest BCUT2D eigenvalue weighted by Crippen LogP contribution is -2.61. The highest BCUT2D eigenvalue weighted by atomic mass is 16.5. The van der Waals surface area contributed by atoms with Crippen LogP contribution in [0.4, 0.5) is 0 Å². The molecule has 2 aliphatic heterocycles. The van der Waals surface area contributed by atoms with Gasteiger partial charge >= 0.3 is 0 Å². The zero-order valence-electron chi connectivity index (χ0n) is 18.6. The molecule has 1 atom stereocenters. The lowest BCUT2D eigenvalue weighted by atomic mass is 9.71. The number of hydrogen-bond donors (Lipinski definition) is 1. The van der Waals surface area contributed by atoms with E-state index in [4.69, 9.17) is 4.74 Å². The minimum Gasteiger partial charge on any atom is -0.493 e. The average molecular weight is 432 g/mol. The number of benzene rings is 2. The van der Waals surface area contributed by atoms with E-state index in [0.29, 0.717) is 31.0 Å². The van der Waals surface area contributed by atoms with Crippen LogP contribution in [0.15, 0.2) is 54.6 Å². The molecule has 2 saturated heterocycles. The van der Waals surface area contributed by atoms with Gasteiger partial charge in [-0.2, -0.15) is 5.10 Å². The van der Waals surface area contributed by atoms with Crippen molar-refractivity contribution in [2.75, 3.05) is 32.8 Å². The summed E-state index contributed by atoms with van der Waals surface area (Å²) in [5.41, 5.74) is 1.90. The van der Waals surface area contributed by atoms with Crippen LogP contribution in [-0.4, -0.2) is 63.7 Å². The summed E-state index contributed by atoms with van der Waals surface area (Å²) < 4.78 is 5.69. The van der Waals surface area contributed by atoms with Crippen molar-refractivity contribution in [2.45, 2.75) is 26.3 Å². The van der Waals surface area contributed by atoms with Crippen molar-refractivity contribution in [3.8, 4) is 5.75 Å². The number of aromatic nitrogens is 3. The summed E-state index contributed by atoms with van der Waals surface area (Å²) in [7, 11) is 0. The summed E-state index contributed by atoms with van der Waals surface area (Å²) >= 11 is 0. The second-order valence-corrected chi connectivity index (χ2v) is 8.94. The quantitative estimate of drug-likeness (QED) is 0.649. The van der Waals surface area contributed by atoms with Gasteiger partial charge in [0.25, 0.3) is 5.91 Å². The maximum absolute atomic E-state index is 13.3. The second kappa shape index (κ2) is 8.39. The van der Waals surface area contributed by atoms with Crippen LogP contribution in [0.5, 0.6) is 5.75 Å². The maximum Gasteiger partial charge on any atom is 0.257 e. The summed E-state index contributed by atoms with van der Waals surface area (Å²) in [5, 5.41) is 7.50. The van der Waals surface area contributed by atoms with Gasteiger partial charge in [-0.3, -0.25) is 14.8 Å². The first-order chi connectivity index (χ1) is 15.6. The SMILES string of the molecule is CCOc1ccccc1C(=O)N1CC2(CN(Cc3ccccc3)CC2c2n[nH]c(C)n2)C1. The van der Waals surface area contributed by atoms with Crippen molar-refractivity contribution in [3.63, 3.8) is 0 Å². The molecule has 32 heavy (non-hydrogen) atoms. The minimum absolute atomic E-state index is 0.0281. The number of aromatic amines is 1. The van der Waals surface area contributed by atoms with Gasteiger partial charge in [0.05, 0.1) is 12.2 Å². The average Bonchev–Trinajstić information content (AvgIpc) is 3.37. The molecule has 3 heterocycles. The Morgan fingerprint density at radius 3 is 2.59 bits per heavy atom. The molecule has 0 saturated carbocycles. The van der Waals surface area contributed by atoms with Crippen molar-refractivity contribution in [1.82, 2.24) is 25.0 Å². The number of rotatable bonds is 6. The van der Waals surface area contributed by atoms with Gasteiger partial charge in [0.15, 0.2) is 5.82 Å². The smallest absolute Gasteiger partial charge is 0.257 e. The molecule has 3 aromatic rings.